The molecule has 3 saturated heterocycles. The Morgan fingerprint density at radius 1 is 1.20 bits per heavy atom. The van der Waals surface area contributed by atoms with Crippen LogP contribution in [-0.2, 0) is 4.79 Å². The summed E-state index contributed by atoms with van der Waals surface area (Å²) < 4.78 is 36.3. The van der Waals surface area contributed by atoms with E-state index in [2.05, 4.69) is 35.4 Å². The number of nitriles is 2. The first kappa shape index (κ1) is 33.6. The molecule has 0 saturated carbocycles. The van der Waals surface area contributed by atoms with Crippen molar-refractivity contribution in [1.29, 1.82) is 10.5 Å². The zero-order chi connectivity index (χ0) is 35.3. The van der Waals surface area contributed by atoms with E-state index in [-0.39, 0.29) is 51.4 Å². The number of halogens is 2. The van der Waals surface area contributed by atoms with Gasteiger partial charge in [0.15, 0.2) is 0 Å². The fourth-order valence-corrected chi connectivity index (χ4v) is 9.53. The molecule has 0 bridgehead atoms. The minimum atomic E-state index is -0.929. The number of amides is 1. The molecule has 4 aromatic rings. The lowest BCUT2D eigenvalue weighted by molar-refractivity contribution is -0.126. The fraction of sp³-hybridized carbons (Fsp3) is 0.432. The predicted molar refractivity (Wildman–Crippen MR) is 190 cm³/mol. The SMILES string of the molecule is C=CC(=O)N1CCC(N(CC)c2nc(OCC34CCCN3CC(F)C4)nc3c(C#N)c(-c4ccc(F)c5sc(N)c(C#N)c45)ccc23)C1CC. The second-order valence-electron chi connectivity index (χ2n) is 13.3. The third-order valence-corrected chi connectivity index (χ3v) is 11.8. The highest BCUT2D eigenvalue weighted by molar-refractivity contribution is 7.23. The maximum absolute atomic E-state index is 15.0. The number of thiophene rings is 1. The van der Waals surface area contributed by atoms with Gasteiger partial charge in [-0.15, -0.1) is 11.3 Å². The summed E-state index contributed by atoms with van der Waals surface area (Å²) in [5.41, 5.74) is 7.35. The van der Waals surface area contributed by atoms with Gasteiger partial charge in [-0.3, -0.25) is 9.69 Å². The van der Waals surface area contributed by atoms with E-state index >= 15 is 0 Å². The highest BCUT2D eigenvalue weighted by Gasteiger charge is 2.49. The first-order chi connectivity index (χ1) is 24.2. The van der Waals surface area contributed by atoms with Gasteiger partial charge < -0.3 is 20.3 Å². The number of carbonyl (C=O) groups is 1. The minimum Gasteiger partial charge on any atom is -0.461 e. The molecule has 2 N–H and O–H groups in total. The Balaban J connectivity index is 1.41. The van der Waals surface area contributed by atoms with Crippen LogP contribution in [0.1, 0.15) is 57.1 Å². The van der Waals surface area contributed by atoms with Crippen molar-refractivity contribution in [2.24, 2.45) is 0 Å². The van der Waals surface area contributed by atoms with Gasteiger partial charge in [-0.1, -0.05) is 25.6 Å². The van der Waals surface area contributed by atoms with Crippen molar-refractivity contribution in [3.63, 3.8) is 0 Å². The Kier molecular flexibility index (Phi) is 8.83. The molecule has 0 aliphatic carbocycles. The molecule has 2 aromatic carbocycles. The molecule has 13 heteroatoms. The number of likely N-dealkylation sites (N-methyl/N-ethyl adjacent to an activating group) is 1. The number of aromatic nitrogens is 2. The second kappa shape index (κ2) is 13.1. The van der Waals surface area contributed by atoms with Crippen molar-refractivity contribution in [1.82, 2.24) is 19.8 Å². The number of hydrogen-bond donors (Lipinski definition) is 1. The molecule has 0 spiro atoms. The van der Waals surface area contributed by atoms with Gasteiger partial charge >= 0.3 is 6.01 Å². The number of nitrogen functional groups attached to an aromatic ring is 1. The Bertz CT molecular complexity index is 2110. The normalized spacial score (nSPS) is 23.2. The third kappa shape index (κ3) is 5.31. The summed E-state index contributed by atoms with van der Waals surface area (Å²) >= 11 is 0.994. The summed E-state index contributed by atoms with van der Waals surface area (Å²) in [5.74, 6) is -0.0685. The standard InChI is InChI=1S/C37H38F2N8O2S/c1-4-28-29(12-15-47(28)30(48)5-2)46(6-3)35-24-9-8-22(23-10-11-27(39)33-31(23)26(18-41)34(42)50-33)25(17-40)32(24)43-36(44-35)49-20-37-13-7-14-45(37)19-21(38)16-37/h5,8-11,21,28-29H,2,4,6-7,12-16,19-20,42H2,1,3H3. The van der Waals surface area contributed by atoms with E-state index in [4.69, 9.17) is 20.4 Å². The largest absolute Gasteiger partial charge is 0.461 e. The number of likely N-dealkylation sites (tertiary alicyclic amines) is 1. The average molecular weight is 697 g/mol. The van der Waals surface area contributed by atoms with E-state index in [0.29, 0.717) is 65.7 Å². The van der Waals surface area contributed by atoms with Crippen LogP contribution in [0.3, 0.4) is 0 Å². The number of benzene rings is 2. The maximum atomic E-state index is 15.0. The molecule has 7 rings (SSSR count). The van der Waals surface area contributed by atoms with Gasteiger partial charge in [0.25, 0.3) is 0 Å². The number of anilines is 2. The number of nitrogens with zero attached hydrogens (tertiary/aromatic N) is 7. The molecule has 3 fully saturated rings. The fourth-order valence-electron chi connectivity index (χ4n) is 8.58. The molecule has 258 valence electrons. The van der Waals surface area contributed by atoms with E-state index in [1.54, 1.807) is 12.1 Å². The van der Waals surface area contributed by atoms with Crippen molar-refractivity contribution in [2.75, 3.05) is 43.4 Å². The van der Waals surface area contributed by atoms with E-state index in [0.717, 1.165) is 37.1 Å². The molecular formula is C37H38F2N8O2S. The first-order valence-electron chi connectivity index (χ1n) is 17.1. The number of nitrogens with two attached hydrogens (primary N) is 1. The predicted octanol–water partition coefficient (Wildman–Crippen LogP) is 6.32. The van der Waals surface area contributed by atoms with Gasteiger partial charge in [-0.05, 0) is 62.9 Å². The maximum Gasteiger partial charge on any atom is 0.319 e. The van der Waals surface area contributed by atoms with Crippen LogP contribution in [0, 0.1) is 28.5 Å². The number of carbonyl (C=O) groups excluding carboxylic acids is 1. The Morgan fingerprint density at radius 3 is 2.70 bits per heavy atom. The van der Waals surface area contributed by atoms with Crippen LogP contribution in [0.25, 0.3) is 32.1 Å². The van der Waals surface area contributed by atoms with Crippen molar-refractivity contribution in [3.05, 3.63) is 53.9 Å². The first-order valence-corrected chi connectivity index (χ1v) is 17.9. The summed E-state index contributed by atoms with van der Waals surface area (Å²) in [7, 11) is 0. The molecule has 4 unspecified atom stereocenters. The van der Waals surface area contributed by atoms with Gasteiger partial charge in [0.1, 0.15) is 41.6 Å². The number of hydrogen-bond acceptors (Lipinski definition) is 10. The average Bonchev–Trinajstić information content (AvgIpc) is 3.87. The minimum absolute atomic E-state index is 0.0648. The number of ether oxygens (including phenoxy) is 1. The summed E-state index contributed by atoms with van der Waals surface area (Å²) in [6.45, 7) is 10.3. The molecule has 3 aliphatic rings. The van der Waals surface area contributed by atoms with Crippen molar-refractivity contribution in [3.8, 4) is 29.3 Å². The van der Waals surface area contributed by atoms with Crippen molar-refractivity contribution in [2.45, 2.75) is 69.7 Å². The quantitative estimate of drug-likeness (QED) is 0.199. The van der Waals surface area contributed by atoms with Gasteiger partial charge in [0.05, 0.1) is 39.0 Å². The summed E-state index contributed by atoms with van der Waals surface area (Å²) in [6.07, 6.45) is 3.97. The number of fused-ring (bicyclic) bond motifs is 3. The Morgan fingerprint density at radius 2 is 1.98 bits per heavy atom. The van der Waals surface area contributed by atoms with Gasteiger partial charge in [-0.25, -0.2) is 8.78 Å². The molecular weight excluding hydrogens is 659 g/mol. The van der Waals surface area contributed by atoms with Gasteiger partial charge in [0, 0.05) is 42.4 Å². The zero-order valence-corrected chi connectivity index (χ0v) is 28.9. The molecule has 50 heavy (non-hydrogen) atoms. The molecule has 4 atom stereocenters. The van der Waals surface area contributed by atoms with Crippen LogP contribution in [0.2, 0.25) is 0 Å². The molecule has 10 nitrogen and oxygen atoms in total. The number of alkyl halides is 1. The van der Waals surface area contributed by atoms with Crippen LogP contribution in [0.4, 0.5) is 19.6 Å². The van der Waals surface area contributed by atoms with Crippen LogP contribution in [0.15, 0.2) is 36.9 Å². The van der Waals surface area contributed by atoms with E-state index in [1.165, 1.54) is 12.1 Å². The van der Waals surface area contributed by atoms with Crippen LogP contribution in [0.5, 0.6) is 6.01 Å². The smallest absolute Gasteiger partial charge is 0.319 e. The Hall–Kier alpha value is -4.85. The Labute approximate surface area is 293 Å². The second-order valence-corrected chi connectivity index (χ2v) is 14.3. The zero-order valence-electron chi connectivity index (χ0n) is 28.1. The monoisotopic (exact) mass is 696 g/mol. The van der Waals surface area contributed by atoms with Crippen LogP contribution >= 0.6 is 11.3 Å². The molecule has 5 heterocycles. The van der Waals surface area contributed by atoms with Gasteiger partial charge in [-0.2, -0.15) is 20.5 Å². The highest BCUT2D eigenvalue weighted by atomic mass is 32.1. The lowest BCUT2D eigenvalue weighted by Gasteiger charge is -2.36. The molecule has 2 aromatic heterocycles. The number of rotatable bonds is 9. The molecule has 3 aliphatic heterocycles. The van der Waals surface area contributed by atoms with Crippen molar-refractivity contribution < 1.29 is 18.3 Å². The topological polar surface area (TPSA) is 135 Å². The van der Waals surface area contributed by atoms with Crippen molar-refractivity contribution >= 4 is 49.1 Å². The summed E-state index contributed by atoms with van der Waals surface area (Å²) in [5, 5.41) is 21.9. The molecule has 0 radical (unpaired) electrons. The summed E-state index contributed by atoms with van der Waals surface area (Å²) in [4.78, 5) is 28.8. The van der Waals surface area contributed by atoms with E-state index in [1.807, 2.05) is 17.9 Å². The third-order valence-electron chi connectivity index (χ3n) is 10.8. The molecule has 1 amide bonds. The van der Waals surface area contributed by atoms with E-state index < -0.39 is 17.5 Å². The van der Waals surface area contributed by atoms with Crippen LogP contribution in [-0.4, -0.2) is 82.3 Å². The van der Waals surface area contributed by atoms with Crippen LogP contribution < -0.4 is 15.4 Å². The van der Waals surface area contributed by atoms with E-state index in [9.17, 15) is 24.1 Å². The van der Waals surface area contributed by atoms with Gasteiger partial charge in [0.2, 0.25) is 5.91 Å². The summed E-state index contributed by atoms with van der Waals surface area (Å²) in [6, 6.07) is 10.8. The lowest BCUT2D eigenvalue weighted by atomic mass is 9.93. The lowest BCUT2D eigenvalue weighted by Crippen LogP contribution is -2.47. The highest BCUT2D eigenvalue weighted by Crippen LogP contribution is 2.44.